The number of nitrogens with zero attached hydrogens (tertiary/aromatic N) is 4. The Balaban J connectivity index is 1.16. The van der Waals surface area contributed by atoms with E-state index in [2.05, 4.69) is 20.8 Å². The Bertz CT molecular complexity index is 1850. The van der Waals surface area contributed by atoms with Gasteiger partial charge >= 0.3 is 0 Å². The molecule has 1 aliphatic rings. The van der Waals surface area contributed by atoms with Crippen LogP contribution >= 0.6 is 11.8 Å². The van der Waals surface area contributed by atoms with Crippen LogP contribution in [-0.2, 0) is 32.2 Å². The zero-order valence-corrected chi connectivity index (χ0v) is 28.0. The summed E-state index contributed by atoms with van der Waals surface area (Å²) in [5.41, 5.74) is 8.07. The highest BCUT2D eigenvalue weighted by atomic mass is 32.2. The molecule has 2 heterocycles. The van der Waals surface area contributed by atoms with E-state index in [1.54, 1.807) is 10.2 Å². The maximum absolute atomic E-state index is 12.4. The number of tetrazole rings is 1. The highest BCUT2D eigenvalue weighted by Crippen LogP contribution is 2.40. The first-order valence-corrected chi connectivity index (χ1v) is 17.3. The van der Waals surface area contributed by atoms with Crippen LogP contribution in [0.25, 0.3) is 16.8 Å². The number of hydroxylamine groups is 1. The van der Waals surface area contributed by atoms with E-state index in [0.29, 0.717) is 30.3 Å². The molecule has 1 fully saturated rings. The van der Waals surface area contributed by atoms with Gasteiger partial charge in [-0.15, -0.1) is 5.10 Å². The topological polar surface area (TPSA) is 161 Å². The minimum atomic E-state index is -0.626. The lowest BCUT2D eigenvalue weighted by Gasteiger charge is -2.36. The number of aromatic nitrogens is 4. The number of aliphatic hydroxyl groups is 1. The number of nitrogens with one attached hydrogen (secondary N) is 2. The zero-order valence-electron chi connectivity index (χ0n) is 27.2. The minimum Gasteiger partial charge on any atom is -0.392 e. The van der Waals surface area contributed by atoms with Crippen LogP contribution in [0.2, 0.25) is 0 Å². The number of para-hydroxylation sites is 1. The molecule has 1 saturated heterocycles. The average Bonchev–Trinajstić information content (AvgIpc) is 3.65. The summed E-state index contributed by atoms with van der Waals surface area (Å²) in [6, 6.07) is 33.5. The number of rotatable bonds is 14. The molecule has 2 amide bonds. The number of hydrogen-bond donors (Lipinski definition) is 4. The van der Waals surface area contributed by atoms with Gasteiger partial charge < -0.3 is 19.9 Å². The molecule has 258 valence electrons. The highest BCUT2D eigenvalue weighted by molar-refractivity contribution is 7.99. The van der Waals surface area contributed by atoms with Crippen molar-refractivity contribution in [1.29, 1.82) is 0 Å². The highest BCUT2D eigenvalue weighted by Gasteiger charge is 2.32. The molecule has 0 bridgehead atoms. The third-order valence-electron chi connectivity index (χ3n) is 8.37. The molecule has 12 nitrogen and oxygen atoms in total. The van der Waals surface area contributed by atoms with Gasteiger partial charge in [-0.05, 0) is 56.8 Å². The Morgan fingerprint density at radius 2 is 1.58 bits per heavy atom. The molecule has 1 aliphatic heterocycles. The molecule has 13 heteroatoms. The molecule has 5 aromatic rings. The largest absolute Gasteiger partial charge is 0.392 e. The van der Waals surface area contributed by atoms with E-state index in [4.69, 9.17) is 14.7 Å². The molecule has 0 radical (unpaired) electrons. The van der Waals surface area contributed by atoms with Gasteiger partial charge in [-0.1, -0.05) is 103 Å². The monoisotopic (exact) mass is 694 g/mol. The molecule has 4 N–H and O–H groups in total. The van der Waals surface area contributed by atoms with Crippen LogP contribution in [0.4, 0.5) is 0 Å². The molecule has 0 unspecified atom stereocenters. The van der Waals surface area contributed by atoms with E-state index in [9.17, 15) is 14.7 Å². The summed E-state index contributed by atoms with van der Waals surface area (Å²) in [7, 11) is 0. The maximum atomic E-state index is 12.4. The summed E-state index contributed by atoms with van der Waals surface area (Å²) in [4.78, 5) is 23.6. The SMILES string of the molecule is O=C(CCCC(=O)NCc1ccccc1-c1ccc([C@@H]2O[C@H](CSc3nnnn3-c3ccccc3)C[C@H](c3ccc(CO)cc3)O2)cc1)NO. The van der Waals surface area contributed by atoms with Crippen molar-refractivity contribution in [2.75, 3.05) is 5.75 Å². The Labute approximate surface area is 293 Å². The lowest BCUT2D eigenvalue weighted by Crippen LogP contribution is -2.31. The Morgan fingerprint density at radius 3 is 2.34 bits per heavy atom. The molecule has 0 aliphatic carbocycles. The number of carbonyl (C=O) groups is 2. The summed E-state index contributed by atoms with van der Waals surface area (Å²) in [6.07, 6.45) is 0.185. The molecule has 0 spiro atoms. The molecular formula is C37H38N6O6S. The number of ether oxygens (including phenoxy) is 2. The average molecular weight is 695 g/mol. The fourth-order valence-electron chi connectivity index (χ4n) is 5.71. The van der Waals surface area contributed by atoms with Gasteiger partial charge in [0.2, 0.25) is 17.0 Å². The van der Waals surface area contributed by atoms with Crippen LogP contribution in [0.1, 0.15) is 60.3 Å². The van der Waals surface area contributed by atoms with E-state index in [1.807, 2.05) is 103 Å². The number of carbonyl (C=O) groups excluding carboxylic acids is 2. The van der Waals surface area contributed by atoms with Crippen molar-refractivity contribution < 1.29 is 29.4 Å². The smallest absolute Gasteiger partial charge is 0.243 e. The predicted octanol–water partition coefficient (Wildman–Crippen LogP) is 5.45. The maximum Gasteiger partial charge on any atom is 0.243 e. The zero-order chi connectivity index (χ0) is 34.7. The number of benzene rings is 4. The van der Waals surface area contributed by atoms with Crippen molar-refractivity contribution in [3.05, 3.63) is 125 Å². The molecule has 4 aromatic carbocycles. The summed E-state index contributed by atoms with van der Waals surface area (Å²) in [5.74, 6) is -0.0826. The van der Waals surface area contributed by atoms with Crippen LogP contribution in [-0.4, -0.2) is 54.2 Å². The lowest BCUT2D eigenvalue weighted by atomic mass is 9.97. The third-order valence-corrected chi connectivity index (χ3v) is 9.43. The van der Waals surface area contributed by atoms with Gasteiger partial charge in [0.15, 0.2) is 6.29 Å². The first-order chi connectivity index (χ1) is 24.5. The van der Waals surface area contributed by atoms with E-state index < -0.39 is 12.2 Å². The van der Waals surface area contributed by atoms with Crippen LogP contribution in [0.15, 0.2) is 108 Å². The predicted molar refractivity (Wildman–Crippen MR) is 186 cm³/mol. The van der Waals surface area contributed by atoms with Gasteiger partial charge in [-0.3, -0.25) is 14.8 Å². The molecule has 0 saturated carbocycles. The second-order valence-electron chi connectivity index (χ2n) is 11.8. The van der Waals surface area contributed by atoms with Crippen molar-refractivity contribution in [3.8, 4) is 16.8 Å². The fraction of sp³-hybridized carbons (Fsp3) is 0.270. The molecule has 50 heavy (non-hydrogen) atoms. The number of hydrogen-bond acceptors (Lipinski definition) is 10. The van der Waals surface area contributed by atoms with Gasteiger partial charge in [-0.25, -0.2) is 5.48 Å². The van der Waals surface area contributed by atoms with Crippen molar-refractivity contribution in [1.82, 2.24) is 31.0 Å². The second-order valence-corrected chi connectivity index (χ2v) is 12.8. The van der Waals surface area contributed by atoms with Crippen molar-refractivity contribution in [2.45, 2.75) is 62.5 Å². The molecule has 1 aromatic heterocycles. The first-order valence-electron chi connectivity index (χ1n) is 16.4. The van der Waals surface area contributed by atoms with E-state index >= 15 is 0 Å². The molecular weight excluding hydrogens is 657 g/mol. The van der Waals surface area contributed by atoms with Gasteiger partial charge in [0.1, 0.15) is 0 Å². The van der Waals surface area contributed by atoms with Crippen LogP contribution in [0.3, 0.4) is 0 Å². The van der Waals surface area contributed by atoms with E-state index in [1.165, 1.54) is 11.8 Å². The fourth-order valence-corrected chi connectivity index (χ4v) is 6.62. The third kappa shape index (κ3) is 9.00. The summed E-state index contributed by atoms with van der Waals surface area (Å²) in [6.45, 7) is 0.307. The summed E-state index contributed by atoms with van der Waals surface area (Å²) in [5, 5.41) is 34.1. The van der Waals surface area contributed by atoms with Gasteiger partial charge in [0.25, 0.3) is 0 Å². The Hall–Kier alpha value is -4.92. The van der Waals surface area contributed by atoms with Crippen LogP contribution in [0, 0.1) is 0 Å². The summed E-state index contributed by atoms with van der Waals surface area (Å²) >= 11 is 1.53. The van der Waals surface area contributed by atoms with Gasteiger partial charge in [0, 0.05) is 37.1 Å². The van der Waals surface area contributed by atoms with Crippen molar-refractivity contribution >= 4 is 23.6 Å². The van der Waals surface area contributed by atoms with E-state index in [-0.39, 0.29) is 37.6 Å². The normalized spacial score (nSPS) is 17.3. The molecule has 3 atom stereocenters. The van der Waals surface area contributed by atoms with Gasteiger partial charge in [0.05, 0.1) is 24.5 Å². The van der Waals surface area contributed by atoms with Crippen molar-refractivity contribution in [2.24, 2.45) is 0 Å². The number of amides is 2. The Morgan fingerprint density at radius 1 is 0.860 bits per heavy atom. The van der Waals surface area contributed by atoms with Crippen molar-refractivity contribution in [3.63, 3.8) is 0 Å². The van der Waals surface area contributed by atoms with Crippen LogP contribution < -0.4 is 10.8 Å². The summed E-state index contributed by atoms with van der Waals surface area (Å²) < 4.78 is 14.8. The number of thioether (sulfide) groups is 1. The quantitative estimate of drug-likeness (QED) is 0.0669. The Kier molecular flexibility index (Phi) is 12.0. The van der Waals surface area contributed by atoms with Gasteiger partial charge in [-0.2, -0.15) is 4.68 Å². The number of aliphatic hydroxyl groups excluding tert-OH is 1. The first kappa shape index (κ1) is 34.9. The van der Waals surface area contributed by atoms with Crippen LogP contribution in [0.5, 0.6) is 0 Å². The molecule has 6 rings (SSSR count). The van der Waals surface area contributed by atoms with E-state index in [0.717, 1.165) is 39.1 Å². The standard InChI is InChI=1S/C37H38N6O6S/c44-23-25-13-15-27(16-14-25)33-21-31(24-50-37-39-41-42-43(37)30-8-2-1-3-9-30)48-36(49-33)28-19-17-26(18-20-28)32-10-5-4-7-29(32)22-38-34(45)11-6-12-35(46)40-47/h1-5,7-10,13-20,31,33,36,44,47H,6,11-12,21-24H2,(H,38,45)(H,40,46)/t31-,33+,36+/m0/s1. The lowest BCUT2D eigenvalue weighted by molar-refractivity contribution is -0.245. The second kappa shape index (κ2) is 17.1. The minimum absolute atomic E-state index is 0.0275.